The van der Waals surface area contributed by atoms with Crippen molar-refractivity contribution in [3.05, 3.63) is 121 Å². The Kier molecular flexibility index (Phi) is 4.18. The number of para-hydroxylation sites is 2. The number of hydrogen-bond donors (Lipinski definition) is 0. The van der Waals surface area contributed by atoms with E-state index >= 15 is 0 Å². The largest absolute Gasteiger partial charge is 0.308 e. The van der Waals surface area contributed by atoms with Crippen molar-refractivity contribution in [2.75, 3.05) is 0 Å². The highest BCUT2D eigenvalue weighted by Crippen LogP contribution is 2.41. The molecule has 5 heteroatoms. The minimum atomic E-state index is 0.928. The molecular formula is C34H20N4S. The van der Waals surface area contributed by atoms with Crippen LogP contribution in [0.3, 0.4) is 0 Å². The third-order valence-electron chi connectivity index (χ3n) is 7.76. The summed E-state index contributed by atoms with van der Waals surface area (Å²) < 4.78 is 7.18. The van der Waals surface area contributed by atoms with Gasteiger partial charge in [-0.05, 0) is 48.5 Å². The SMILES string of the molecule is c1ccc(-n2c3ccccc3c3nc4c(cc32)c2ncccc2n4-c2cccc3c2sc2ccccc23)cc1. The molecule has 4 aromatic carbocycles. The highest BCUT2D eigenvalue weighted by Gasteiger charge is 2.21. The lowest BCUT2D eigenvalue weighted by molar-refractivity contribution is 1.15. The quantitative estimate of drug-likeness (QED) is 0.230. The van der Waals surface area contributed by atoms with Gasteiger partial charge in [-0.25, -0.2) is 4.98 Å². The van der Waals surface area contributed by atoms with Gasteiger partial charge in [-0.1, -0.05) is 66.7 Å². The first-order valence-corrected chi connectivity index (χ1v) is 13.8. The lowest BCUT2D eigenvalue weighted by Crippen LogP contribution is -1.96. The van der Waals surface area contributed by atoms with E-state index in [1.807, 2.05) is 23.6 Å². The van der Waals surface area contributed by atoms with Gasteiger partial charge in [-0.2, -0.15) is 0 Å². The molecule has 0 unspecified atom stereocenters. The number of hydrogen-bond acceptors (Lipinski definition) is 3. The van der Waals surface area contributed by atoms with Crippen LogP contribution in [0.15, 0.2) is 121 Å². The molecule has 0 spiro atoms. The summed E-state index contributed by atoms with van der Waals surface area (Å²) in [6.45, 7) is 0. The number of pyridine rings is 2. The number of aromatic nitrogens is 4. The zero-order chi connectivity index (χ0) is 25.5. The molecule has 0 bridgehead atoms. The average molecular weight is 517 g/mol. The minimum absolute atomic E-state index is 0.928. The molecule has 39 heavy (non-hydrogen) atoms. The molecule has 0 saturated carbocycles. The molecule has 5 heterocycles. The Morgan fingerprint density at radius 2 is 1.31 bits per heavy atom. The van der Waals surface area contributed by atoms with Crippen molar-refractivity contribution in [3.63, 3.8) is 0 Å². The van der Waals surface area contributed by atoms with E-state index in [2.05, 4.69) is 118 Å². The van der Waals surface area contributed by atoms with Gasteiger partial charge in [0, 0.05) is 38.1 Å². The van der Waals surface area contributed by atoms with Crippen LogP contribution in [0.25, 0.3) is 75.6 Å². The summed E-state index contributed by atoms with van der Waals surface area (Å²) in [4.78, 5) is 10.3. The van der Waals surface area contributed by atoms with Gasteiger partial charge in [0.05, 0.1) is 38.0 Å². The molecule has 0 fully saturated rings. The predicted octanol–water partition coefficient (Wildman–Crippen LogP) is 9.04. The van der Waals surface area contributed by atoms with Crippen molar-refractivity contribution >= 4 is 75.5 Å². The summed E-state index contributed by atoms with van der Waals surface area (Å²) in [5.74, 6) is 0. The maximum absolute atomic E-state index is 5.43. The second-order valence-corrected chi connectivity index (χ2v) is 10.9. The average Bonchev–Trinajstić information content (AvgIpc) is 3.64. The third-order valence-corrected chi connectivity index (χ3v) is 8.97. The Hall–Kier alpha value is -5.00. The van der Waals surface area contributed by atoms with E-state index in [0.717, 1.165) is 55.4 Å². The second-order valence-electron chi connectivity index (χ2n) is 9.87. The normalized spacial score (nSPS) is 12.1. The van der Waals surface area contributed by atoms with E-state index in [4.69, 9.17) is 9.97 Å². The molecule has 0 radical (unpaired) electrons. The summed E-state index contributed by atoms with van der Waals surface area (Å²) >= 11 is 1.84. The summed E-state index contributed by atoms with van der Waals surface area (Å²) in [7, 11) is 0. The van der Waals surface area contributed by atoms with Crippen LogP contribution in [0.5, 0.6) is 0 Å². The number of nitrogens with zero attached hydrogens (tertiary/aromatic N) is 4. The van der Waals surface area contributed by atoms with Gasteiger partial charge in [0.1, 0.15) is 5.65 Å². The van der Waals surface area contributed by atoms with Gasteiger partial charge in [0.25, 0.3) is 0 Å². The molecule has 0 N–H and O–H groups in total. The van der Waals surface area contributed by atoms with Gasteiger partial charge in [0.15, 0.2) is 0 Å². The number of fused-ring (bicyclic) bond motifs is 9. The van der Waals surface area contributed by atoms with Gasteiger partial charge in [-0.15, -0.1) is 11.3 Å². The van der Waals surface area contributed by atoms with E-state index in [9.17, 15) is 0 Å². The van der Waals surface area contributed by atoms with Gasteiger partial charge < -0.3 is 4.57 Å². The zero-order valence-corrected chi connectivity index (χ0v) is 21.6. The van der Waals surface area contributed by atoms with Crippen molar-refractivity contribution in [2.45, 2.75) is 0 Å². The Bertz CT molecular complexity index is 2390. The number of thiophene rings is 1. The number of rotatable bonds is 2. The van der Waals surface area contributed by atoms with Crippen molar-refractivity contribution in [1.82, 2.24) is 19.1 Å². The molecule has 9 rings (SSSR count). The molecule has 0 aliphatic heterocycles. The Morgan fingerprint density at radius 3 is 2.23 bits per heavy atom. The van der Waals surface area contributed by atoms with Crippen molar-refractivity contribution < 1.29 is 0 Å². The minimum Gasteiger partial charge on any atom is -0.308 e. The van der Waals surface area contributed by atoms with Crippen LogP contribution in [0.4, 0.5) is 0 Å². The lowest BCUT2D eigenvalue weighted by Gasteiger charge is -2.09. The smallest absolute Gasteiger partial charge is 0.148 e. The first kappa shape index (κ1) is 21.0. The monoisotopic (exact) mass is 516 g/mol. The van der Waals surface area contributed by atoms with Crippen LogP contribution in [0, 0.1) is 0 Å². The summed E-state index contributed by atoms with van der Waals surface area (Å²) in [6.07, 6.45) is 1.88. The van der Waals surface area contributed by atoms with E-state index in [-0.39, 0.29) is 0 Å². The fraction of sp³-hybridized carbons (Fsp3) is 0. The number of benzene rings is 4. The summed E-state index contributed by atoms with van der Waals surface area (Å²) in [5.41, 5.74) is 8.44. The van der Waals surface area contributed by atoms with Crippen LogP contribution in [-0.2, 0) is 0 Å². The molecule has 0 saturated heterocycles. The molecule has 0 aliphatic carbocycles. The fourth-order valence-corrected chi connectivity index (χ4v) is 7.32. The van der Waals surface area contributed by atoms with Crippen molar-refractivity contribution in [2.24, 2.45) is 0 Å². The maximum atomic E-state index is 5.43. The molecule has 0 amide bonds. The maximum Gasteiger partial charge on any atom is 0.148 e. The van der Waals surface area contributed by atoms with Gasteiger partial charge >= 0.3 is 0 Å². The van der Waals surface area contributed by atoms with Crippen LogP contribution in [0.1, 0.15) is 0 Å². The van der Waals surface area contributed by atoms with Gasteiger partial charge in [-0.3, -0.25) is 9.55 Å². The lowest BCUT2D eigenvalue weighted by atomic mass is 10.1. The highest BCUT2D eigenvalue weighted by atomic mass is 32.1. The predicted molar refractivity (Wildman–Crippen MR) is 164 cm³/mol. The van der Waals surface area contributed by atoms with Crippen molar-refractivity contribution in [1.29, 1.82) is 0 Å². The Balaban J connectivity index is 1.47. The standard InChI is InChI=1S/C34H20N4S/c1-2-10-21(11-3-1)37-26-15-6-4-13-24(26)32-29(37)20-25-31-27(17-9-19-35-31)38(34(25)36-32)28-16-8-14-23-22-12-5-7-18-30(22)39-33(23)28/h1-20H. The van der Waals surface area contributed by atoms with E-state index < -0.39 is 0 Å². The molecule has 9 aromatic rings. The van der Waals surface area contributed by atoms with Crippen LogP contribution in [0.2, 0.25) is 0 Å². The van der Waals surface area contributed by atoms with Crippen LogP contribution in [-0.4, -0.2) is 19.1 Å². The van der Waals surface area contributed by atoms with Gasteiger partial charge in [0.2, 0.25) is 0 Å². The first-order valence-electron chi connectivity index (χ1n) is 13.0. The summed E-state index contributed by atoms with van der Waals surface area (Å²) in [5, 5.41) is 4.76. The van der Waals surface area contributed by atoms with E-state index in [1.165, 1.54) is 20.2 Å². The Labute approximate surface area is 227 Å². The van der Waals surface area contributed by atoms with E-state index in [1.54, 1.807) is 0 Å². The first-order chi connectivity index (χ1) is 19.4. The second kappa shape index (κ2) is 7.76. The highest BCUT2D eigenvalue weighted by molar-refractivity contribution is 7.26. The van der Waals surface area contributed by atoms with Crippen LogP contribution >= 0.6 is 11.3 Å². The zero-order valence-electron chi connectivity index (χ0n) is 20.7. The topological polar surface area (TPSA) is 35.6 Å². The molecule has 0 aliphatic rings. The molecule has 5 aromatic heterocycles. The third kappa shape index (κ3) is 2.82. The van der Waals surface area contributed by atoms with Crippen molar-refractivity contribution in [3.8, 4) is 11.4 Å². The Morgan fingerprint density at radius 1 is 0.538 bits per heavy atom. The molecule has 0 atom stereocenters. The molecule has 182 valence electrons. The fourth-order valence-electron chi connectivity index (χ4n) is 6.11. The molecule has 4 nitrogen and oxygen atoms in total. The van der Waals surface area contributed by atoms with E-state index in [0.29, 0.717) is 0 Å². The molecular weight excluding hydrogens is 496 g/mol. The van der Waals surface area contributed by atoms with Crippen LogP contribution < -0.4 is 0 Å². The summed E-state index contributed by atoms with van der Waals surface area (Å²) in [6, 6.07) is 40.8.